The number of nitrogens with zero attached hydrogens (tertiary/aromatic N) is 1. The van der Waals surface area contributed by atoms with Crippen molar-refractivity contribution in [2.45, 2.75) is 50.1 Å². The van der Waals surface area contributed by atoms with E-state index in [0.717, 1.165) is 23.7 Å². The molecular weight excluding hydrogens is 422 g/mol. The summed E-state index contributed by atoms with van der Waals surface area (Å²) in [7, 11) is -3.72. The molecule has 2 rings (SSSR count). The molecule has 3 N–H and O–H groups in total. The van der Waals surface area contributed by atoms with Crippen LogP contribution in [0.2, 0.25) is 0 Å². The topological polar surface area (TPSA) is 75.4 Å². The minimum absolute atomic E-state index is 0.0793. The summed E-state index contributed by atoms with van der Waals surface area (Å²) < 4.78 is 26.5. The largest absolute Gasteiger partial charge is 0.398 e. The minimum Gasteiger partial charge on any atom is -0.398 e. The van der Waals surface area contributed by atoms with Gasteiger partial charge < -0.3 is 5.73 Å². The Morgan fingerprint density at radius 2 is 1.81 bits per heavy atom. The van der Waals surface area contributed by atoms with E-state index >= 15 is 0 Å². The summed E-state index contributed by atoms with van der Waals surface area (Å²) >= 11 is 6.58. The maximum atomic E-state index is 12.7. The second kappa shape index (κ2) is 6.54. The summed E-state index contributed by atoms with van der Waals surface area (Å²) in [6.07, 6.45) is 3.07. The van der Waals surface area contributed by atoms with E-state index in [2.05, 4.69) is 36.7 Å². The number of nitrogen functional groups attached to an aromatic ring is 1. The molecule has 1 aliphatic rings. The third-order valence-electron chi connectivity index (χ3n) is 3.72. The van der Waals surface area contributed by atoms with E-state index in [1.807, 2.05) is 18.9 Å². The molecule has 0 radical (unpaired) electrons. The van der Waals surface area contributed by atoms with Gasteiger partial charge in [-0.05, 0) is 54.8 Å². The fraction of sp³-hybridized carbons (Fsp3) is 0.538. The van der Waals surface area contributed by atoms with Gasteiger partial charge in [0, 0.05) is 21.0 Å². The van der Waals surface area contributed by atoms with Gasteiger partial charge in [-0.15, -0.1) is 4.83 Å². The number of rotatable bonds is 3. The zero-order chi connectivity index (χ0) is 15.8. The zero-order valence-electron chi connectivity index (χ0n) is 11.9. The molecule has 0 aromatic heterocycles. The van der Waals surface area contributed by atoms with Gasteiger partial charge in [-0.1, -0.05) is 22.4 Å². The van der Waals surface area contributed by atoms with Gasteiger partial charge in [0.25, 0.3) is 10.0 Å². The van der Waals surface area contributed by atoms with Crippen LogP contribution in [-0.4, -0.2) is 25.5 Å². The molecule has 2 unspecified atom stereocenters. The van der Waals surface area contributed by atoms with Crippen LogP contribution in [0.3, 0.4) is 0 Å². The van der Waals surface area contributed by atoms with Gasteiger partial charge in [0.05, 0.1) is 5.69 Å². The summed E-state index contributed by atoms with van der Waals surface area (Å²) in [4.78, 5) is 2.77. The Kier molecular flexibility index (Phi) is 5.36. The Morgan fingerprint density at radius 1 is 1.24 bits per heavy atom. The van der Waals surface area contributed by atoms with Crippen molar-refractivity contribution in [1.82, 2.24) is 9.84 Å². The number of hydrogen-bond donors (Lipinski definition) is 2. The minimum atomic E-state index is -3.72. The van der Waals surface area contributed by atoms with Crippen molar-refractivity contribution in [2.75, 3.05) is 5.73 Å². The highest BCUT2D eigenvalue weighted by atomic mass is 79.9. The van der Waals surface area contributed by atoms with Crippen molar-refractivity contribution >= 4 is 47.6 Å². The average molecular weight is 441 g/mol. The van der Waals surface area contributed by atoms with Crippen LogP contribution in [0.15, 0.2) is 26.0 Å². The Labute approximate surface area is 142 Å². The van der Waals surface area contributed by atoms with E-state index in [-0.39, 0.29) is 22.7 Å². The smallest absolute Gasteiger partial charge is 0.256 e. The summed E-state index contributed by atoms with van der Waals surface area (Å²) in [6, 6.07) is 3.59. The number of nitrogens with two attached hydrogens (primary N) is 1. The van der Waals surface area contributed by atoms with Gasteiger partial charge in [-0.25, -0.2) is 13.4 Å². The van der Waals surface area contributed by atoms with Crippen LogP contribution in [0, 0.1) is 0 Å². The van der Waals surface area contributed by atoms with E-state index in [1.165, 1.54) is 0 Å². The van der Waals surface area contributed by atoms with Gasteiger partial charge in [0.1, 0.15) is 4.90 Å². The van der Waals surface area contributed by atoms with Gasteiger partial charge in [-0.2, -0.15) is 0 Å². The second-order valence-electron chi connectivity index (χ2n) is 5.44. The van der Waals surface area contributed by atoms with Crippen LogP contribution in [0.4, 0.5) is 5.69 Å². The zero-order valence-corrected chi connectivity index (χ0v) is 15.9. The van der Waals surface area contributed by atoms with E-state index in [9.17, 15) is 8.42 Å². The van der Waals surface area contributed by atoms with E-state index in [0.29, 0.717) is 4.47 Å². The summed E-state index contributed by atoms with van der Waals surface area (Å²) in [5, 5.41) is 1.81. The fourth-order valence-corrected chi connectivity index (χ4v) is 5.96. The van der Waals surface area contributed by atoms with Gasteiger partial charge in [-0.3, -0.25) is 0 Å². The van der Waals surface area contributed by atoms with Crippen molar-refractivity contribution in [2.24, 2.45) is 0 Å². The number of benzene rings is 1. The Morgan fingerprint density at radius 3 is 2.33 bits per heavy atom. The lowest BCUT2D eigenvalue weighted by Gasteiger charge is -2.38. The molecule has 0 spiro atoms. The summed E-state index contributed by atoms with van der Waals surface area (Å²) in [5.41, 5.74) is 6.09. The Balaban J connectivity index is 2.35. The van der Waals surface area contributed by atoms with Crippen LogP contribution in [0.5, 0.6) is 0 Å². The van der Waals surface area contributed by atoms with Crippen molar-refractivity contribution in [1.29, 1.82) is 0 Å². The molecule has 1 fully saturated rings. The Bertz CT molecular complexity index is 603. The number of nitrogens with one attached hydrogen (secondary N) is 1. The first-order chi connectivity index (χ1) is 9.72. The molecule has 0 amide bonds. The number of anilines is 1. The highest BCUT2D eigenvalue weighted by Crippen LogP contribution is 2.32. The second-order valence-corrected chi connectivity index (χ2v) is 8.80. The molecule has 1 heterocycles. The molecule has 1 aromatic carbocycles. The van der Waals surface area contributed by atoms with Crippen molar-refractivity contribution in [3.8, 4) is 0 Å². The third kappa shape index (κ3) is 3.79. The van der Waals surface area contributed by atoms with Crippen molar-refractivity contribution < 1.29 is 8.42 Å². The molecular formula is C13H19Br2N3O2S. The van der Waals surface area contributed by atoms with E-state index in [1.54, 1.807) is 12.1 Å². The molecule has 0 bridgehead atoms. The number of hydrazine groups is 1. The summed E-state index contributed by atoms with van der Waals surface area (Å²) in [6.45, 7) is 4.05. The maximum absolute atomic E-state index is 12.7. The molecule has 2 atom stereocenters. The SMILES string of the molecule is CC1CCCC(C)N1NS(=O)(=O)c1c(N)cc(Br)cc1Br. The lowest BCUT2D eigenvalue weighted by molar-refractivity contribution is 0.0790. The first kappa shape index (κ1) is 17.2. The molecule has 1 saturated heterocycles. The highest BCUT2D eigenvalue weighted by Gasteiger charge is 2.31. The normalized spacial score (nSPS) is 24.2. The standard InChI is InChI=1S/C13H19Br2N3O2S/c1-8-4-3-5-9(2)18(8)17-21(19,20)13-11(15)6-10(14)7-12(13)16/h6-9,17H,3-5,16H2,1-2H3. The molecule has 1 aliphatic heterocycles. The highest BCUT2D eigenvalue weighted by molar-refractivity contribution is 9.11. The lowest BCUT2D eigenvalue weighted by atomic mass is 10.0. The number of piperidine rings is 1. The average Bonchev–Trinajstić information content (AvgIpc) is 2.32. The molecule has 21 heavy (non-hydrogen) atoms. The monoisotopic (exact) mass is 439 g/mol. The van der Waals surface area contributed by atoms with Gasteiger partial charge in [0.2, 0.25) is 0 Å². The van der Waals surface area contributed by atoms with Crippen LogP contribution >= 0.6 is 31.9 Å². The van der Waals surface area contributed by atoms with Gasteiger partial charge >= 0.3 is 0 Å². The fourth-order valence-electron chi connectivity index (χ4n) is 2.65. The predicted octanol–water partition coefficient (Wildman–Crippen LogP) is 3.25. The first-order valence-electron chi connectivity index (χ1n) is 6.77. The molecule has 1 aromatic rings. The maximum Gasteiger partial charge on any atom is 0.256 e. The van der Waals surface area contributed by atoms with Crippen LogP contribution in [-0.2, 0) is 10.0 Å². The van der Waals surface area contributed by atoms with Crippen molar-refractivity contribution in [3.63, 3.8) is 0 Å². The van der Waals surface area contributed by atoms with E-state index < -0.39 is 10.0 Å². The molecule has 8 heteroatoms. The molecule has 0 aliphatic carbocycles. The van der Waals surface area contributed by atoms with Crippen LogP contribution in [0.25, 0.3) is 0 Å². The van der Waals surface area contributed by atoms with Crippen molar-refractivity contribution in [3.05, 3.63) is 21.1 Å². The quantitative estimate of drug-likeness (QED) is 0.707. The third-order valence-corrected chi connectivity index (χ3v) is 6.51. The molecule has 0 saturated carbocycles. The van der Waals surface area contributed by atoms with Crippen LogP contribution < -0.4 is 10.6 Å². The number of sulfonamides is 1. The number of hydrogen-bond acceptors (Lipinski definition) is 4. The molecule has 5 nitrogen and oxygen atoms in total. The lowest BCUT2D eigenvalue weighted by Crippen LogP contribution is -2.54. The predicted molar refractivity (Wildman–Crippen MR) is 91.2 cm³/mol. The number of halogens is 2. The first-order valence-corrected chi connectivity index (χ1v) is 9.84. The Hall–Kier alpha value is -0.150. The van der Waals surface area contributed by atoms with E-state index in [4.69, 9.17) is 5.73 Å². The molecule has 118 valence electrons. The van der Waals surface area contributed by atoms with Gasteiger partial charge in [0.15, 0.2) is 0 Å². The van der Waals surface area contributed by atoms with Crippen LogP contribution in [0.1, 0.15) is 33.1 Å². The summed E-state index contributed by atoms with van der Waals surface area (Å²) in [5.74, 6) is 0.